The predicted molar refractivity (Wildman–Crippen MR) is 113 cm³/mol. The molecule has 0 saturated carbocycles. The third-order valence-electron chi connectivity index (χ3n) is 5.48. The summed E-state index contributed by atoms with van der Waals surface area (Å²) >= 11 is 1.39. The van der Waals surface area contributed by atoms with Crippen molar-refractivity contribution in [3.05, 3.63) is 47.4 Å². The number of nitrogens with zero attached hydrogens (tertiary/aromatic N) is 5. The Kier molecular flexibility index (Phi) is 4.69. The molecule has 1 saturated heterocycles. The van der Waals surface area contributed by atoms with Gasteiger partial charge in [-0.3, -0.25) is 0 Å². The molecule has 1 unspecified atom stereocenters. The molecule has 1 aliphatic heterocycles. The van der Waals surface area contributed by atoms with Gasteiger partial charge in [0.05, 0.1) is 16.8 Å². The van der Waals surface area contributed by atoms with E-state index in [1.807, 2.05) is 31.2 Å². The maximum atomic E-state index is 13.3. The first-order chi connectivity index (χ1) is 14.5. The zero-order chi connectivity index (χ0) is 20.8. The number of fused-ring (bicyclic) bond motifs is 3. The molecule has 6 nitrogen and oxygen atoms in total. The predicted octanol–water partition coefficient (Wildman–Crippen LogP) is 4.85. The van der Waals surface area contributed by atoms with Crippen molar-refractivity contribution in [1.82, 2.24) is 20.2 Å². The molecule has 0 amide bonds. The zero-order valence-corrected chi connectivity index (χ0v) is 17.3. The van der Waals surface area contributed by atoms with Crippen molar-refractivity contribution in [2.24, 2.45) is 0 Å². The number of aryl methyl sites for hydroxylation is 2. The lowest BCUT2D eigenvalue weighted by Gasteiger charge is -2.19. The summed E-state index contributed by atoms with van der Waals surface area (Å²) < 4.78 is 33.6. The number of para-hydroxylation sites is 1. The Morgan fingerprint density at radius 3 is 2.80 bits per heavy atom. The number of alkyl halides is 2. The Morgan fingerprint density at radius 2 is 2.00 bits per heavy atom. The Labute approximate surface area is 175 Å². The van der Waals surface area contributed by atoms with Crippen LogP contribution in [0.4, 0.5) is 14.6 Å². The van der Waals surface area contributed by atoms with Crippen molar-refractivity contribution in [3.63, 3.8) is 0 Å². The first-order valence-corrected chi connectivity index (χ1v) is 10.5. The molecule has 1 fully saturated rings. The van der Waals surface area contributed by atoms with Crippen LogP contribution in [0.15, 0.2) is 30.6 Å². The van der Waals surface area contributed by atoms with Gasteiger partial charge >= 0.3 is 0 Å². The van der Waals surface area contributed by atoms with Gasteiger partial charge < -0.3 is 9.64 Å². The van der Waals surface area contributed by atoms with Crippen molar-refractivity contribution in [3.8, 4) is 5.75 Å². The fraction of sp³-hybridized carbons (Fsp3) is 0.333. The Hall–Kier alpha value is -2.94. The highest BCUT2D eigenvalue weighted by Gasteiger charge is 2.28. The summed E-state index contributed by atoms with van der Waals surface area (Å²) in [5.74, 6) is 1.68. The molecule has 0 bridgehead atoms. The number of ether oxygens (including phenoxy) is 1. The normalized spacial score (nSPS) is 16.8. The van der Waals surface area contributed by atoms with E-state index in [0.717, 1.165) is 34.8 Å². The summed E-state index contributed by atoms with van der Waals surface area (Å²) in [6.07, 6.45) is -0.256. The van der Waals surface area contributed by atoms with Crippen LogP contribution < -0.4 is 9.64 Å². The highest BCUT2D eigenvalue weighted by atomic mass is 32.1. The number of halogens is 2. The Bertz CT molecular complexity index is 1250. The summed E-state index contributed by atoms with van der Waals surface area (Å²) in [4.78, 5) is 11.7. The third-order valence-corrected chi connectivity index (χ3v) is 6.54. The van der Waals surface area contributed by atoms with Crippen LogP contribution in [0.3, 0.4) is 0 Å². The first-order valence-electron chi connectivity index (χ1n) is 9.68. The Morgan fingerprint density at radius 1 is 1.17 bits per heavy atom. The maximum absolute atomic E-state index is 13.3. The smallest absolute Gasteiger partial charge is 0.282 e. The van der Waals surface area contributed by atoms with Gasteiger partial charge in [0.1, 0.15) is 34.5 Å². The van der Waals surface area contributed by atoms with Crippen molar-refractivity contribution in [2.45, 2.75) is 32.8 Å². The first kappa shape index (κ1) is 19.0. The van der Waals surface area contributed by atoms with Crippen molar-refractivity contribution < 1.29 is 13.5 Å². The van der Waals surface area contributed by atoms with Gasteiger partial charge in [0.2, 0.25) is 0 Å². The van der Waals surface area contributed by atoms with Gasteiger partial charge in [0.25, 0.3) is 6.43 Å². The van der Waals surface area contributed by atoms with Gasteiger partial charge in [-0.25, -0.2) is 18.7 Å². The van der Waals surface area contributed by atoms with E-state index < -0.39 is 6.43 Å². The molecule has 0 spiro atoms. The molecular formula is C21H19F2N5OS. The molecule has 5 rings (SSSR count). The van der Waals surface area contributed by atoms with Crippen LogP contribution in [0.1, 0.15) is 29.7 Å². The lowest BCUT2D eigenvalue weighted by Crippen LogP contribution is -2.25. The van der Waals surface area contributed by atoms with Gasteiger partial charge in [-0.1, -0.05) is 18.2 Å². The molecule has 3 aromatic heterocycles. The van der Waals surface area contributed by atoms with Crippen LogP contribution in [0.5, 0.6) is 5.75 Å². The molecule has 9 heteroatoms. The second-order valence-electron chi connectivity index (χ2n) is 7.41. The molecule has 0 aliphatic carbocycles. The van der Waals surface area contributed by atoms with Gasteiger partial charge in [0, 0.05) is 18.4 Å². The number of hydrogen-bond donors (Lipinski definition) is 0. The summed E-state index contributed by atoms with van der Waals surface area (Å²) in [6.45, 7) is 5.17. The quantitative estimate of drug-likeness (QED) is 0.464. The summed E-state index contributed by atoms with van der Waals surface area (Å²) in [5.41, 5.74) is 1.88. The van der Waals surface area contributed by atoms with Crippen LogP contribution in [-0.4, -0.2) is 39.4 Å². The second kappa shape index (κ2) is 7.39. The molecule has 1 atom stereocenters. The van der Waals surface area contributed by atoms with Gasteiger partial charge in [-0.05, 0) is 31.0 Å². The molecule has 0 radical (unpaired) electrons. The maximum Gasteiger partial charge on any atom is 0.282 e. The molecule has 1 aliphatic rings. The van der Waals surface area contributed by atoms with Crippen LogP contribution >= 0.6 is 11.3 Å². The highest BCUT2D eigenvalue weighted by Crippen LogP contribution is 2.40. The van der Waals surface area contributed by atoms with E-state index in [9.17, 15) is 8.78 Å². The Balaban J connectivity index is 1.49. The number of hydrogen-bond acceptors (Lipinski definition) is 7. The van der Waals surface area contributed by atoms with E-state index in [2.05, 4.69) is 25.1 Å². The lowest BCUT2D eigenvalue weighted by atomic mass is 10.1. The van der Waals surface area contributed by atoms with E-state index in [4.69, 9.17) is 4.74 Å². The van der Waals surface area contributed by atoms with Crippen molar-refractivity contribution >= 4 is 37.6 Å². The minimum absolute atomic E-state index is 0.0532. The topological polar surface area (TPSA) is 64.0 Å². The van der Waals surface area contributed by atoms with Crippen molar-refractivity contribution in [2.75, 3.05) is 18.0 Å². The summed E-state index contributed by atoms with van der Waals surface area (Å²) in [6, 6.07) is 7.98. The van der Waals surface area contributed by atoms with Crippen molar-refractivity contribution in [1.29, 1.82) is 0 Å². The monoisotopic (exact) mass is 427 g/mol. The SMILES string of the molecule is Cc1ccccc1OC1CCN(c2ncnc3c2sc2nnc(C(F)F)c(C)c23)C1. The zero-order valence-electron chi connectivity index (χ0n) is 16.5. The number of thiophene rings is 1. The van der Waals surface area contributed by atoms with Gasteiger partial charge in [-0.15, -0.1) is 21.5 Å². The summed E-state index contributed by atoms with van der Waals surface area (Å²) in [5, 5.41) is 8.39. The van der Waals surface area contributed by atoms with Crippen LogP contribution in [0.25, 0.3) is 20.4 Å². The molecule has 1 aromatic carbocycles. The fourth-order valence-corrected chi connectivity index (χ4v) is 5.07. The van der Waals surface area contributed by atoms with Crippen LogP contribution in [0, 0.1) is 13.8 Å². The summed E-state index contributed by atoms with van der Waals surface area (Å²) in [7, 11) is 0. The molecule has 0 N–H and O–H groups in total. The standard InChI is InChI=1S/C21H19F2N5OS/c1-11-5-3-4-6-14(11)29-13-7-8-28(9-13)20-18-17(24-10-25-20)15-12(2)16(19(22)23)26-27-21(15)30-18/h3-6,10,13,19H,7-9H2,1-2H3. The average molecular weight is 427 g/mol. The fourth-order valence-electron chi connectivity index (χ4n) is 3.91. The van der Waals surface area contributed by atoms with E-state index in [1.165, 1.54) is 17.7 Å². The molecule has 154 valence electrons. The van der Waals surface area contributed by atoms with Gasteiger partial charge in [0.15, 0.2) is 0 Å². The third kappa shape index (κ3) is 3.13. The van der Waals surface area contributed by atoms with E-state index in [-0.39, 0.29) is 11.8 Å². The minimum atomic E-state index is -2.67. The number of anilines is 1. The average Bonchev–Trinajstić information content (AvgIpc) is 3.34. The molecule has 4 aromatic rings. The molecule has 4 heterocycles. The van der Waals surface area contributed by atoms with E-state index >= 15 is 0 Å². The van der Waals surface area contributed by atoms with Gasteiger partial charge in [-0.2, -0.15) is 0 Å². The second-order valence-corrected chi connectivity index (χ2v) is 8.41. The van der Waals surface area contributed by atoms with Crippen LogP contribution in [-0.2, 0) is 0 Å². The number of aromatic nitrogens is 4. The number of benzene rings is 1. The van der Waals surface area contributed by atoms with E-state index in [0.29, 0.717) is 27.8 Å². The largest absolute Gasteiger partial charge is 0.488 e. The van der Waals surface area contributed by atoms with Crippen LogP contribution in [0.2, 0.25) is 0 Å². The lowest BCUT2D eigenvalue weighted by molar-refractivity contribution is 0.144. The van der Waals surface area contributed by atoms with E-state index in [1.54, 1.807) is 6.92 Å². The molecular weight excluding hydrogens is 408 g/mol. The minimum Gasteiger partial charge on any atom is -0.488 e. The highest BCUT2D eigenvalue weighted by molar-refractivity contribution is 7.26. The molecule has 30 heavy (non-hydrogen) atoms. The number of rotatable bonds is 4.